The number of halogens is 2. The summed E-state index contributed by atoms with van der Waals surface area (Å²) in [6, 6.07) is 11.3. The fourth-order valence-electron chi connectivity index (χ4n) is 2.23. The molecule has 0 spiro atoms. The first-order chi connectivity index (χ1) is 13.0. The third-order valence-corrected chi connectivity index (χ3v) is 3.60. The number of nitrogens with one attached hydrogen (secondary N) is 1. The standard InChI is InChI=1S/C19H14F2N2O4/c1-2-17(24)27-23-19-13(9-11-5-3-4-6-16(11)26-19)18(25)22-12-7-8-14(20)15(21)10-12/h3-10H,2H2,1H3,(H,22,25)/b23-19-. The van der Waals surface area contributed by atoms with Crippen LogP contribution in [0, 0.1) is 11.6 Å². The van der Waals surface area contributed by atoms with Crippen LogP contribution in [0.15, 0.2) is 58.1 Å². The molecule has 1 amide bonds. The summed E-state index contributed by atoms with van der Waals surface area (Å²) in [5.41, 5.74) is 0.203. The van der Waals surface area contributed by atoms with E-state index in [0.717, 1.165) is 12.1 Å². The first kappa shape index (κ1) is 18.2. The van der Waals surface area contributed by atoms with Crippen molar-refractivity contribution in [3.05, 3.63) is 71.3 Å². The van der Waals surface area contributed by atoms with Gasteiger partial charge in [0.25, 0.3) is 11.5 Å². The number of para-hydroxylation sites is 1. The van der Waals surface area contributed by atoms with Crippen molar-refractivity contribution in [2.45, 2.75) is 13.3 Å². The highest BCUT2D eigenvalue weighted by Gasteiger charge is 2.15. The molecule has 0 fully saturated rings. The molecular weight excluding hydrogens is 358 g/mol. The zero-order valence-electron chi connectivity index (χ0n) is 14.2. The van der Waals surface area contributed by atoms with E-state index in [0.29, 0.717) is 11.0 Å². The molecule has 1 heterocycles. The summed E-state index contributed by atoms with van der Waals surface area (Å²) in [7, 11) is 0. The Morgan fingerprint density at radius 1 is 1.11 bits per heavy atom. The number of hydrogen-bond acceptors (Lipinski definition) is 5. The van der Waals surface area contributed by atoms with Crippen molar-refractivity contribution in [1.29, 1.82) is 0 Å². The Morgan fingerprint density at radius 3 is 2.63 bits per heavy atom. The molecule has 0 aliphatic heterocycles. The van der Waals surface area contributed by atoms with Gasteiger partial charge in [0.2, 0.25) is 0 Å². The van der Waals surface area contributed by atoms with Crippen LogP contribution < -0.4 is 10.9 Å². The summed E-state index contributed by atoms with van der Waals surface area (Å²) in [6.45, 7) is 1.59. The van der Waals surface area contributed by atoms with Gasteiger partial charge in [-0.1, -0.05) is 25.1 Å². The second-order valence-corrected chi connectivity index (χ2v) is 5.49. The maximum atomic E-state index is 13.3. The molecule has 0 unspecified atom stereocenters. The fraction of sp³-hybridized carbons (Fsp3) is 0.105. The Bertz CT molecular complexity index is 1090. The molecule has 2 aromatic carbocycles. The van der Waals surface area contributed by atoms with Crippen molar-refractivity contribution in [3.8, 4) is 0 Å². The van der Waals surface area contributed by atoms with Crippen molar-refractivity contribution in [2.75, 3.05) is 5.32 Å². The van der Waals surface area contributed by atoms with Gasteiger partial charge >= 0.3 is 5.97 Å². The highest BCUT2D eigenvalue weighted by molar-refractivity contribution is 6.05. The van der Waals surface area contributed by atoms with Crippen LogP contribution in [0.2, 0.25) is 0 Å². The summed E-state index contributed by atoms with van der Waals surface area (Å²) in [6.07, 6.45) is 0.0907. The minimum Gasteiger partial charge on any atom is -0.435 e. The molecule has 1 N–H and O–H groups in total. The minimum absolute atomic E-state index is 0.0395. The largest absolute Gasteiger partial charge is 0.435 e. The molecular formula is C19H14F2N2O4. The Balaban J connectivity index is 2.03. The van der Waals surface area contributed by atoms with Gasteiger partial charge in [-0.25, -0.2) is 13.6 Å². The predicted octanol–water partition coefficient (Wildman–Crippen LogP) is 3.73. The third kappa shape index (κ3) is 4.17. The number of carbonyl (C=O) groups excluding carboxylic acids is 2. The lowest BCUT2D eigenvalue weighted by Crippen LogP contribution is -2.22. The second-order valence-electron chi connectivity index (χ2n) is 5.49. The topological polar surface area (TPSA) is 80.9 Å². The molecule has 0 aliphatic rings. The average Bonchev–Trinajstić information content (AvgIpc) is 2.68. The number of amides is 1. The molecule has 3 aromatic rings. The Hall–Kier alpha value is -3.55. The Labute approximate surface area is 152 Å². The van der Waals surface area contributed by atoms with Crippen molar-refractivity contribution >= 4 is 28.5 Å². The van der Waals surface area contributed by atoms with E-state index in [1.54, 1.807) is 31.2 Å². The number of anilines is 1. The fourth-order valence-corrected chi connectivity index (χ4v) is 2.23. The second kappa shape index (κ2) is 7.77. The Kier molecular flexibility index (Phi) is 5.25. The van der Waals surface area contributed by atoms with E-state index in [1.165, 1.54) is 12.1 Å². The number of benzene rings is 2. The molecule has 8 heteroatoms. The van der Waals surface area contributed by atoms with E-state index < -0.39 is 23.5 Å². The highest BCUT2D eigenvalue weighted by atomic mass is 19.2. The normalized spacial score (nSPS) is 11.4. The lowest BCUT2D eigenvalue weighted by molar-refractivity contribution is -0.144. The van der Waals surface area contributed by atoms with E-state index in [2.05, 4.69) is 10.5 Å². The van der Waals surface area contributed by atoms with Crippen LogP contribution in [-0.4, -0.2) is 11.9 Å². The summed E-state index contributed by atoms with van der Waals surface area (Å²) in [5, 5.41) is 6.64. The van der Waals surface area contributed by atoms with E-state index in [4.69, 9.17) is 9.25 Å². The summed E-state index contributed by atoms with van der Waals surface area (Å²) in [5.74, 6) is -3.43. The monoisotopic (exact) mass is 372 g/mol. The maximum Gasteiger partial charge on any atom is 0.334 e. The number of fused-ring (bicyclic) bond motifs is 1. The van der Waals surface area contributed by atoms with Gasteiger partial charge in [-0.3, -0.25) is 4.79 Å². The third-order valence-electron chi connectivity index (χ3n) is 3.60. The van der Waals surface area contributed by atoms with Crippen LogP contribution in [0.1, 0.15) is 23.7 Å². The molecule has 138 valence electrons. The van der Waals surface area contributed by atoms with E-state index in [1.807, 2.05) is 0 Å². The molecule has 0 bridgehead atoms. The SMILES string of the molecule is CCC(=O)O/N=c1\oc2ccccc2cc1C(=O)Nc1ccc(F)c(F)c1. The average molecular weight is 372 g/mol. The van der Waals surface area contributed by atoms with Gasteiger partial charge in [0, 0.05) is 23.6 Å². The predicted molar refractivity (Wildman–Crippen MR) is 92.5 cm³/mol. The van der Waals surface area contributed by atoms with Crippen LogP contribution in [0.25, 0.3) is 11.0 Å². The zero-order valence-corrected chi connectivity index (χ0v) is 14.2. The number of rotatable bonds is 4. The van der Waals surface area contributed by atoms with Gasteiger partial charge in [0.1, 0.15) is 11.1 Å². The van der Waals surface area contributed by atoms with Gasteiger partial charge in [-0.2, -0.15) is 0 Å². The van der Waals surface area contributed by atoms with Gasteiger partial charge in [0.15, 0.2) is 11.6 Å². The van der Waals surface area contributed by atoms with Crippen molar-refractivity contribution in [3.63, 3.8) is 0 Å². The first-order valence-electron chi connectivity index (χ1n) is 8.01. The number of carbonyl (C=O) groups is 2. The van der Waals surface area contributed by atoms with Crippen molar-refractivity contribution in [2.24, 2.45) is 5.16 Å². The van der Waals surface area contributed by atoms with Gasteiger partial charge in [-0.05, 0) is 29.4 Å². The van der Waals surface area contributed by atoms with Crippen LogP contribution in [0.5, 0.6) is 0 Å². The summed E-state index contributed by atoms with van der Waals surface area (Å²) < 4.78 is 31.9. The summed E-state index contributed by atoms with van der Waals surface area (Å²) in [4.78, 5) is 28.7. The molecule has 0 saturated carbocycles. The van der Waals surface area contributed by atoms with E-state index in [9.17, 15) is 18.4 Å². The van der Waals surface area contributed by atoms with Gasteiger partial charge < -0.3 is 14.6 Å². The molecule has 0 saturated heterocycles. The van der Waals surface area contributed by atoms with Gasteiger partial charge in [0.05, 0.1) is 0 Å². The molecule has 0 aliphatic carbocycles. The molecule has 6 nitrogen and oxygen atoms in total. The maximum absolute atomic E-state index is 13.3. The molecule has 0 atom stereocenters. The van der Waals surface area contributed by atoms with E-state index >= 15 is 0 Å². The van der Waals surface area contributed by atoms with Gasteiger partial charge in [-0.15, -0.1) is 0 Å². The quantitative estimate of drug-likeness (QED) is 0.559. The number of nitrogens with zero attached hydrogens (tertiary/aromatic N) is 1. The van der Waals surface area contributed by atoms with Crippen LogP contribution in [0.4, 0.5) is 14.5 Å². The minimum atomic E-state index is -1.10. The lowest BCUT2D eigenvalue weighted by Gasteiger charge is -2.07. The zero-order chi connectivity index (χ0) is 19.4. The van der Waals surface area contributed by atoms with E-state index in [-0.39, 0.29) is 23.2 Å². The lowest BCUT2D eigenvalue weighted by atomic mass is 10.1. The van der Waals surface area contributed by atoms with Crippen LogP contribution >= 0.6 is 0 Å². The molecule has 1 aromatic heterocycles. The molecule has 27 heavy (non-hydrogen) atoms. The number of hydrogen-bond donors (Lipinski definition) is 1. The van der Waals surface area contributed by atoms with Crippen molar-refractivity contribution < 1.29 is 27.6 Å². The summed E-state index contributed by atoms with van der Waals surface area (Å²) >= 11 is 0. The Morgan fingerprint density at radius 2 is 1.89 bits per heavy atom. The smallest absolute Gasteiger partial charge is 0.334 e. The van der Waals surface area contributed by atoms with Crippen molar-refractivity contribution in [1.82, 2.24) is 0 Å². The molecule has 0 radical (unpaired) electrons. The highest BCUT2D eigenvalue weighted by Crippen LogP contribution is 2.16. The molecule has 3 rings (SSSR count). The van der Waals surface area contributed by atoms with Crippen LogP contribution in [-0.2, 0) is 9.63 Å². The first-order valence-corrected chi connectivity index (χ1v) is 8.01. The van der Waals surface area contributed by atoms with Crippen LogP contribution in [0.3, 0.4) is 0 Å².